The summed E-state index contributed by atoms with van der Waals surface area (Å²) in [5.41, 5.74) is -0.704. The number of hydrogen-bond acceptors (Lipinski definition) is 7. The molecule has 0 aromatic heterocycles. The smallest absolute Gasteiger partial charge is 0.408 e. The number of carbonyl (C=O) groups is 4. The third-order valence-corrected chi connectivity index (χ3v) is 2.52. The maximum atomic E-state index is 12.1. The molecule has 0 radical (unpaired) electrons. The Balaban J connectivity index is 4.76. The van der Waals surface area contributed by atoms with Crippen molar-refractivity contribution in [1.82, 2.24) is 10.2 Å². The van der Waals surface area contributed by atoms with Gasteiger partial charge in [-0.1, -0.05) is 0 Å². The van der Waals surface area contributed by atoms with E-state index in [0.29, 0.717) is 0 Å². The van der Waals surface area contributed by atoms with E-state index < -0.39 is 48.9 Å². The first-order valence-corrected chi connectivity index (χ1v) is 6.95. The van der Waals surface area contributed by atoms with Crippen molar-refractivity contribution in [1.29, 1.82) is 0 Å². The Morgan fingerprint density at radius 1 is 1.17 bits per heavy atom. The summed E-state index contributed by atoms with van der Waals surface area (Å²) in [6.45, 7) is 6.78. The predicted molar refractivity (Wildman–Crippen MR) is 79.2 cm³/mol. The molecule has 0 saturated carbocycles. The van der Waals surface area contributed by atoms with Gasteiger partial charge in [0.2, 0.25) is 5.91 Å². The van der Waals surface area contributed by atoms with E-state index in [1.54, 1.807) is 20.8 Å². The van der Waals surface area contributed by atoms with Gasteiger partial charge in [0, 0.05) is 6.92 Å². The van der Waals surface area contributed by atoms with Gasteiger partial charge in [-0.05, 0) is 27.7 Å². The molecule has 0 aliphatic heterocycles. The second-order valence-corrected chi connectivity index (χ2v) is 5.68. The molecule has 1 atom stereocenters. The minimum Gasteiger partial charge on any atom is -0.467 e. The lowest BCUT2D eigenvalue weighted by Gasteiger charge is -2.27. The molecule has 2 amide bonds. The van der Waals surface area contributed by atoms with Gasteiger partial charge >= 0.3 is 18.0 Å². The highest BCUT2D eigenvalue weighted by Crippen LogP contribution is 2.07. The fourth-order valence-electron chi connectivity index (χ4n) is 1.42. The van der Waals surface area contributed by atoms with Crippen LogP contribution in [0.3, 0.4) is 0 Å². The average Bonchev–Trinajstić information content (AvgIpc) is 2.41. The molecule has 1 N–H and O–H groups in total. The molecule has 0 bridgehead atoms. The summed E-state index contributed by atoms with van der Waals surface area (Å²) in [7, 11) is 1.17. The molecule has 0 aromatic carbocycles. The number of nitrogens with zero attached hydrogens (tertiary/aromatic N) is 1. The molecule has 23 heavy (non-hydrogen) atoms. The van der Waals surface area contributed by atoms with E-state index >= 15 is 0 Å². The molecule has 0 aliphatic carbocycles. The highest BCUT2D eigenvalue weighted by molar-refractivity contribution is 5.87. The number of rotatable bonds is 6. The zero-order chi connectivity index (χ0) is 18.2. The second-order valence-electron chi connectivity index (χ2n) is 5.68. The molecular formula is C14H24N2O7. The number of carbonyl (C=O) groups excluding carboxylic acids is 4. The van der Waals surface area contributed by atoms with Gasteiger partial charge in [-0.2, -0.15) is 0 Å². The molecule has 132 valence electrons. The summed E-state index contributed by atoms with van der Waals surface area (Å²) in [5.74, 6) is -1.92. The number of ether oxygens (including phenoxy) is 3. The monoisotopic (exact) mass is 332 g/mol. The molecule has 0 heterocycles. The van der Waals surface area contributed by atoms with Gasteiger partial charge in [-0.25, -0.2) is 9.59 Å². The van der Waals surface area contributed by atoms with E-state index in [9.17, 15) is 19.2 Å². The zero-order valence-electron chi connectivity index (χ0n) is 14.3. The van der Waals surface area contributed by atoms with Crippen LogP contribution in [0.4, 0.5) is 4.79 Å². The average molecular weight is 332 g/mol. The predicted octanol–water partition coefficient (Wildman–Crippen LogP) is 0.422. The van der Waals surface area contributed by atoms with Gasteiger partial charge in [0.25, 0.3) is 0 Å². The van der Waals surface area contributed by atoms with Crippen LogP contribution >= 0.6 is 0 Å². The highest BCUT2D eigenvalue weighted by atomic mass is 16.6. The van der Waals surface area contributed by atoms with E-state index in [0.717, 1.165) is 4.90 Å². The van der Waals surface area contributed by atoms with Crippen molar-refractivity contribution in [2.45, 2.75) is 46.3 Å². The van der Waals surface area contributed by atoms with Crippen LogP contribution in [-0.4, -0.2) is 60.9 Å². The van der Waals surface area contributed by atoms with Crippen LogP contribution in [0.5, 0.6) is 0 Å². The van der Waals surface area contributed by atoms with E-state index in [-0.39, 0.29) is 0 Å². The summed E-state index contributed by atoms with van der Waals surface area (Å²) < 4.78 is 14.3. The van der Waals surface area contributed by atoms with Crippen LogP contribution in [0.2, 0.25) is 0 Å². The van der Waals surface area contributed by atoms with Crippen LogP contribution in [0, 0.1) is 0 Å². The summed E-state index contributed by atoms with van der Waals surface area (Å²) >= 11 is 0. The van der Waals surface area contributed by atoms with Crippen molar-refractivity contribution in [3.05, 3.63) is 0 Å². The third kappa shape index (κ3) is 8.64. The maximum absolute atomic E-state index is 12.1. The number of amides is 2. The van der Waals surface area contributed by atoms with E-state index in [1.165, 1.54) is 21.0 Å². The van der Waals surface area contributed by atoms with Gasteiger partial charge in [0.05, 0.1) is 7.11 Å². The molecule has 0 fully saturated rings. The van der Waals surface area contributed by atoms with Gasteiger partial charge in [-0.3, -0.25) is 14.5 Å². The fraction of sp³-hybridized carbons (Fsp3) is 0.714. The van der Waals surface area contributed by atoms with Crippen LogP contribution in [0.25, 0.3) is 0 Å². The van der Waals surface area contributed by atoms with Crippen molar-refractivity contribution in [3.8, 4) is 0 Å². The first-order valence-electron chi connectivity index (χ1n) is 6.95. The van der Waals surface area contributed by atoms with Crippen LogP contribution < -0.4 is 5.32 Å². The van der Waals surface area contributed by atoms with Crippen molar-refractivity contribution in [2.75, 3.05) is 20.4 Å². The van der Waals surface area contributed by atoms with Crippen LogP contribution in [0.1, 0.15) is 34.6 Å². The number of nitrogens with one attached hydrogen (secondary N) is 1. The number of alkyl carbamates (subject to hydrolysis) is 1. The van der Waals surface area contributed by atoms with Gasteiger partial charge < -0.3 is 19.5 Å². The van der Waals surface area contributed by atoms with Crippen LogP contribution in [0.15, 0.2) is 0 Å². The summed E-state index contributed by atoms with van der Waals surface area (Å²) in [6, 6.07) is -0.979. The summed E-state index contributed by atoms with van der Waals surface area (Å²) in [5, 5.41) is 2.27. The van der Waals surface area contributed by atoms with E-state index in [1.807, 2.05) is 0 Å². The zero-order valence-corrected chi connectivity index (χ0v) is 14.3. The molecular weight excluding hydrogens is 308 g/mol. The Kier molecular flexibility index (Phi) is 8.06. The molecule has 0 aliphatic rings. The van der Waals surface area contributed by atoms with Gasteiger partial charge in [0.1, 0.15) is 18.2 Å². The Bertz CT molecular complexity index is 457. The SMILES string of the molecule is COC(=O)[C@H](C)N(COC(C)=O)C(=O)CNC(=O)OC(C)(C)C. The van der Waals surface area contributed by atoms with Gasteiger partial charge in [0.15, 0.2) is 6.73 Å². The van der Waals surface area contributed by atoms with Crippen molar-refractivity contribution >= 4 is 23.9 Å². The lowest BCUT2D eigenvalue weighted by Crippen LogP contribution is -2.49. The first-order chi connectivity index (χ1) is 10.5. The standard InChI is InChI=1S/C14H24N2O7/c1-9(12(19)21-6)16(8-22-10(2)17)11(18)7-15-13(20)23-14(3,4)5/h9H,7-8H2,1-6H3,(H,15,20)/t9-/m0/s1. The lowest BCUT2D eigenvalue weighted by molar-refractivity contribution is -0.161. The van der Waals surface area contributed by atoms with Crippen LogP contribution in [-0.2, 0) is 28.6 Å². The maximum Gasteiger partial charge on any atom is 0.408 e. The Labute approximate surface area is 135 Å². The molecule has 0 saturated heterocycles. The summed E-state index contributed by atoms with van der Waals surface area (Å²) in [6.07, 6.45) is -0.774. The first kappa shape index (κ1) is 20.7. The minimum atomic E-state index is -0.979. The molecule has 9 nitrogen and oxygen atoms in total. The summed E-state index contributed by atoms with van der Waals surface area (Å²) in [4.78, 5) is 47.1. The second kappa shape index (κ2) is 8.96. The van der Waals surface area contributed by atoms with Crippen molar-refractivity contribution in [3.63, 3.8) is 0 Å². The number of methoxy groups -OCH3 is 1. The molecule has 0 unspecified atom stereocenters. The Hall–Kier alpha value is -2.32. The topological polar surface area (TPSA) is 111 Å². The number of hydrogen-bond donors (Lipinski definition) is 1. The number of esters is 2. The molecule has 0 aromatic rings. The lowest BCUT2D eigenvalue weighted by atomic mass is 10.2. The highest BCUT2D eigenvalue weighted by Gasteiger charge is 2.28. The third-order valence-electron chi connectivity index (χ3n) is 2.52. The largest absolute Gasteiger partial charge is 0.467 e. The fourth-order valence-corrected chi connectivity index (χ4v) is 1.42. The normalized spacial score (nSPS) is 11.9. The van der Waals surface area contributed by atoms with E-state index in [4.69, 9.17) is 9.47 Å². The quantitative estimate of drug-likeness (QED) is 0.426. The van der Waals surface area contributed by atoms with E-state index in [2.05, 4.69) is 10.1 Å². The van der Waals surface area contributed by atoms with Gasteiger partial charge in [-0.15, -0.1) is 0 Å². The molecule has 0 rings (SSSR count). The Morgan fingerprint density at radius 3 is 2.17 bits per heavy atom. The minimum absolute atomic E-state index is 0.419. The Morgan fingerprint density at radius 2 is 1.74 bits per heavy atom. The van der Waals surface area contributed by atoms with Crippen molar-refractivity contribution < 1.29 is 33.4 Å². The van der Waals surface area contributed by atoms with Crippen molar-refractivity contribution in [2.24, 2.45) is 0 Å². The molecule has 0 spiro atoms. The molecule has 9 heteroatoms.